The number of piperidine rings is 1. The quantitative estimate of drug-likeness (QED) is 0.564. The summed E-state index contributed by atoms with van der Waals surface area (Å²) in [5.41, 5.74) is 0. The number of carbonyl (C=O) groups is 1. The molecule has 1 saturated heterocycles. The molecule has 0 aliphatic carbocycles. The lowest BCUT2D eigenvalue weighted by Gasteiger charge is -2.31. The fourth-order valence-corrected chi connectivity index (χ4v) is 1.68. The van der Waals surface area contributed by atoms with Crippen LogP contribution in [0, 0.1) is 5.92 Å². The summed E-state index contributed by atoms with van der Waals surface area (Å²) in [4.78, 5) is 13.0. The van der Waals surface area contributed by atoms with Gasteiger partial charge in [0.2, 0.25) is 5.91 Å². The van der Waals surface area contributed by atoms with Crippen molar-refractivity contribution >= 4 is 5.91 Å². The van der Waals surface area contributed by atoms with E-state index in [0.717, 1.165) is 19.0 Å². The van der Waals surface area contributed by atoms with E-state index >= 15 is 0 Å². The molecule has 1 atom stereocenters. The molecule has 1 heterocycles. The maximum absolute atomic E-state index is 11.0. The Morgan fingerprint density at radius 3 is 2.91 bits per heavy atom. The first-order chi connectivity index (χ1) is 5.24. The zero-order valence-corrected chi connectivity index (χ0v) is 7.47. The van der Waals surface area contributed by atoms with Crippen LogP contribution in [0.1, 0.15) is 33.1 Å². The van der Waals surface area contributed by atoms with Crippen LogP contribution in [0.2, 0.25) is 0 Å². The van der Waals surface area contributed by atoms with E-state index in [0.29, 0.717) is 0 Å². The third kappa shape index (κ3) is 2.21. The van der Waals surface area contributed by atoms with E-state index < -0.39 is 0 Å². The number of hydrogen-bond acceptors (Lipinski definition) is 1. The van der Waals surface area contributed by atoms with Gasteiger partial charge in [0, 0.05) is 20.0 Å². The van der Waals surface area contributed by atoms with Crippen molar-refractivity contribution in [2.45, 2.75) is 33.1 Å². The van der Waals surface area contributed by atoms with Crippen molar-refractivity contribution in [2.24, 2.45) is 5.92 Å². The summed E-state index contributed by atoms with van der Waals surface area (Å²) < 4.78 is 0. The van der Waals surface area contributed by atoms with Gasteiger partial charge in [-0.3, -0.25) is 4.79 Å². The minimum absolute atomic E-state index is 0.239. The number of hydrogen-bond donors (Lipinski definition) is 0. The van der Waals surface area contributed by atoms with Crippen molar-refractivity contribution < 1.29 is 4.79 Å². The van der Waals surface area contributed by atoms with Gasteiger partial charge >= 0.3 is 0 Å². The Kier molecular flexibility index (Phi) is 2.92. The lowest BCUT2D eigenvalue weighted by molar-refractivity contribution is -0.130. The smallest absolute Gasteiger partial charge is 0.219 e. The summed E-state index contributed by atoms with van der Waals surface area (Å²) >= 11 is 0. The van der Waals surface area contributed by atoms with Crippen molar-refractivity contribution in [3.05, 3.63) is 0 Å². The summed E-state index contributed by atoms with van der Waals surface area (Å²) in [6.45, 7) is 5.84. The van der Waals surface area contributed by atoms with Crippen LogP contribution in [0.5, 0.6) is 0 Å². The first-order valence-electron chi connectivity index (χ1n) is 4.49. The first-order valence-corrected chi connectivity index (χ1v) is 4.49. The molecule has 0 aromatic carbocycles. The number of carbonyl (C=O) groups excluding carboxylic acids is 1. The van der Waals surface area contributed by atoms with Gasteiger partial charge in [0.25, 0.3) is 0 Å². The zero-order chi connectivity index (χ0) is 8.27. The first kappa shape index (κ1) is 8.57. The Morgan fingerprint density at radius 2 is 2.36 bits per heavy atom. The molecule has 1 amide bonds. The van der Waals surface area contributed by atoms with Gasteiger partial charge in [-0.1, -0.05) is 13.3 Å². The molecular formula is C9H17NO. The number of rotatable bonds is 1. The number of nitrogens with zero attached hydrogens (tertiary/aromatic N) is 1. The summed E-state index contributed by atoms with van der Waals surface area (Å²) in [5.74, 6) is 0.996. The molecule has 64 valence electrons. The molecule has 0 N–H and O–H groups in total. The Labute approximate surface area is 68.6 Å². The molecule has 1 aliphatic heterocycles. The van der Waals surface area contributed by atoms with Crippen molar-refractivity contribution in [1.29, 1.82) is 0 Å². The molecular weight excluding hydrogens is 138 g/mol. The van der Waals surface area contributed by atoms with E-state index in [2.05, 4.69) is 6.92 Å². The Balaban J connectivity index is 2.39. The lowest BCUT2D eigenvalue weighted by Crippen LogP contribution is -2.38. The van der Waals surface area contributed by atoms with E-state index in [1.54, 1.807) is 6.92 Å². The minimum atomic E-state index is 0.239. The van der Waals surface area contributed by atoms with Gasteiger partial charge in [-0.15, -0.1) is 0 Å². The van der Waals surface area contributed by atoms with Crippen molar-refractivity contribution in [2.75, 3.05) is 13.1 Å². The maximum Gasteiger partial charge on any atom is 0.219 e. The van der Waals surface area contributed by atoms with Crippen LogP contribution in [0.25, 0.3) is 0 Å². The molecule has 0 saturated carbocycles. The molecule has 11 heavy (non-hydrogen) atoms. The van der Waals surface area contributed by atoms with Gasteiger partial charge in [0.15, 0.2) is 0 Å². The van der Waals surface area contributed by atoms with Crippen molar-refractivity contribution in [1.82, 2.24) is 4.90 Å². The molecule has 0 aromatic heterocycles. The number of amides is 1. The van der Waals surface area contributed by atoms with Crippen LogP contribution in [-0.4, -0.2) is 23.9 Å². The molecule has 2 heteroatoms. The third-order valence-electron chi connectivity index (χ3n) is 2.54. The van der Waals surface area contributed by atoms with Crippen molar-refractivity contribution in [3.8, 4) is 0 Å². The van der Waals surface area contributed by atoms with Crippen molar-refractivity contribution in [3.63, 3.8) is 0 Å². The van der Waals surface area contributed by atoms with Crippen LogP contribution >= 0.6 is 0 Å². The van der Waals surface area contributed by atoms with Crippen LogP contribution < -0.4 is 0 Å². The van der Waals surface area contributed by atoms with Crippen LogP contribution in [0.3, 0.4) is 0 Å². The van der Waals surface area contributed by atoms with E-state index in [1.165, 1.54) is 19.3 Å². The van der Waals surface area contributed by atoms with E-state index in [1.807, 2.05) is 4.90 Å². The third-order valence-corrected chi connectivity index (χ3v) is 2.54. The molecule has 0 aromatic rings. The highest BCUT2D eigenvalue weighted by Crippen LogP contribution is 2.18. The molecule has 0 spiro atoms. The molecule has 1 rings (SSSR count). The summed E-state index contributed by atoms with van der Waals surface area (Å²) in [6, 6.07) is 0. The highest BCUT2D eigenvalue weighted by Gasteiger charge is 2.19. The number of likely N-dealkylation sites (tertiary alicyclic amines) is 1. The van der Waals surface area contributed by atoms with Gasteiger partial charge in [0.05, 0.1) is 0 Å². The van der Waals surface area contributed by atoms with E-state index in [-0.39, 0.29) is 5.91 Å². The summed E-state index contributed by atoms with van der Waals surface area (Å²) in [6.07, 6.45) is 3.71. The highest BCUT2D eigenvalue weighted by atomic mass is 16.2. The average molecular weight is 155 g/mol. The summed E-state index contributed by atoms with van der Waals surface area (Å²) in [5, 5.41) is 0. The topological polar surface area (TPSA) is 20.3 Å². The second-order valence-electron chi connectivity index (χ2n) is 3.38. The standard InChI is InChI=1S/C9H17NO/c1-3-9-5-4-6-10(7-9)8(2)11/h9H,3-7H2,1-2H3/t9-/m0/s1. The SMILES string of the molecule is CC[C@H]1CCCN(C(C)=O)C1. The fraction of sp³-hybridized carbons (Fsp3) is 0.889. The average Bonchev–Trinajstić information content (AvgIpc) is 2.05. The molecule has 2 nitrogen and oxygen atoms in total. The van der Waals surface area contributed by atoms with Gasteiger partial charge in [-0.05, 0) is 18.8 Å². The lowest BCUT2D eigenvalue weighted by atomic mass is 9.96. The van der Waals surface area contributed by atoms with Gasteiger partial charge in [-0.25, -0.2) is 0 Å². The highest BCUT2D eigenvalue weighted by molar-refractivity contribution is 5.73. The monoisotopic (exact) mass is 155 g/mol. The second-order valence-corrected chi connectivity index (χ2v) is 3.38. The van der Waals surface area contributed by atoms with E-state index in [4.69, 9.17) is 0 Å². The molecule has 1 aliphatic rings. The summed E-state index contributed by atoms with van der Waals surface area (Å²) in [7, 11) is 0. The Bertz CT molecular complexity index is 144. The zero-order valence-electron chi connectivity index (χ0n) is 7.47. The van der Waals surface area contributed by atoms with Gasteiger partial charge in [-0.2, -0.15) is 0 Å². The van der Waals surface area contributed by atoms with Gasteiger partial charge < -0.3 is 4.90 Å². The Hall–Kier alpha value is -0.530. The molecule has 0 bridgehead atoms. The maximum atomic E-state index is 11.0. The van der Waals surface area contributed by atoms with Gasteiger partial charge in [0.1, 0.15) is 0 Å². The van der Waals surface area contributed by atoms with Crippen LogP contribution in [-0.2, 0) is 4.79 Å². The fourth-order valence-electron chi connectivity index (χ4n) is 1.68. The van der Waals surface area contributed by atoms with Crippen LogP contribution in [0.15, 0.2) is 0 Å². The molecule has 0 radical (unpaired) electrons. The predicted molar refractivity (Wildman–Crippen MR) is 45.3 cm³/mol. The predicted octanol–water partition coefficient (Wildman–Crippen LogP) is 1.65. The minimum Gasteiger partial charge on any atom is -0.343 e. The second kappa shape index (κ2) is 3.74. The van der Waals surface area contributed by atoms with Crippen LogP contribution in [0.4, 0.5) is 0 Å². The Morgan fingerprint density at radius 1 is 1.64 bits per heavy atom. The molecule has 1 fully saturated rings. The van der Waals surface area contributed by atoms with E-state index in [9.17, 15) is 4.79 Å². The normalized spacial score (nSPS) is 25.3. The largest absolute Gasteiger partial charge is 0.343 e. The molecule has 0 unspecified atom stereocenters.